The number of nitrogens with one attached hydrogen (secondary N) is 1. The molecule has 3 aromatic rings. The summed E-state index contributed by atoms with van der Waals surface area (Å²) >= 11 is 6.00. The predicted octanol–water partition coefficient (Wildman–Crippen LogP) is 6.31. The Balaban J connectivity index is 1.84. The van der Waals surface area contributed by atoms with E-state index in [0.29, 0.717) is 29.4 Å². The lowest BCUT2D eigenvalue weighted by Gasteiger charge is -2.16. The van der Waals surface area contributed by atoms with Crippen LogP contribution in [0.1, 0.15) is 11.1 Å². The molecule has 0 bridgehead atoms. The first-order valence-corrected chi connectivity index (χ1v) is 10.1. The molecule has 1 amide bonds. The minimum atomic E-state index is -4.94. The quantitative estimate of drug-likeness (QED) is 0.446. The third-order valence-corrected chi connectivity index (χ3v) is 5.14. The van der Waals surface area contributed by atoms with Gasteiger partial charge in [-0.25, -0.2) is 0 Å². The number of alkyl halides is 3. The van der Waals surface area contributed by atoms with Crippen LogP contribution in [-0.4, -0.2) is 26.3 Å². The van der Waals surface area contributed by atoms with Crippen LogP contribution in [0.4, 0.5) is 18.9 Å². The topological polar surface area (TPSA) is 47.6 Å². The van der Waals surface area contributed by atoms with Crippen LogP contribution in [0, 0.1) is 0 Å². The number of hydrogen-bond donors (Lipinski definition) is 1. The lowest BCUT2D eigenvalue weighted by atomic mass is 9.97. The molecule has 3 aromatic carbocycles. The molecule has 168 valence electrons. The number of benzene rings is 3. The number of amides is 1. The molecule has 8 heteroatoms. The zero-order valence-corrected chi connectivity index (χ0v) is 18.2. The number of carbonyl (C=O) groups is 1. The van der Waals surface area contributed by atoms with Crippen LogP contribution in [0.25, 0.3) is 11.1 Å². The molecule has 0 aliphatic carbocycles. The molecule has 0 unspecified atom stereocenters. The average Bonchev–Trinajstić information content (AvgIpc) is 2.77. The molecule has 3 rings (SSSR count). The van der Waals surface area contributed by atoms with Gasteiger partial charge in [-0.2, -0.15) is 13.2 Å². The summed E-state index contributed by atoms with van der Waals surface area (Å²) in [4.78, 5) is 11.2. The van der Waals surface area contributed by atoms with E-state index in [9.17, 15) is 18.0 Å². The molecular formula is C24H21ClF3NO3. The van der Waals surface area contributed by atoms with Gasteiger partial charge in [-0.15, -0.1) is 0 Å². The number of carbonyl (C=O) groups excluding carboxylic acids is 1. The zero-order chi connectivity index (χ0) is 23.3. The van der Waals surface area contributed by atoms with Gasteiger partial charge in [0.15, 0.2) is 0 Å². The fourth-order valence-electron chi connectivity index (χ4n) is 3.30. The maximum atomic E-state index is 12.5. The van der Waals surface area contributed by atoms with Gasteiger partial charge in [-0.05, 0) is 59.9 Å². The van der Waals surface area contributed by atoms with E-state index in [1.165, 1.54) is 12.1 Å². The molecule has 4 nitrogen and oxygen atoms in total. The summed E-state index contributed by atoms with van der Waals surface area (Å²) in [5.41, 5.74) is 3.56. The largest absolute Gasteiger partial charge is 0.496 e. The maximum absolute atomic E-state index is 12.5. The third kappa shape index (κ3) is 5.73. The molecule has 0 aliphatic rings. The van der Waals surface area contributed by atoms with Crippen molar-refractivity contribution in [2.24, 2.45) is 0 Å². The van der Waals surface area contributed by atoms with Crippen LogP contribution in [-0.2, 0) is 17.6 Å². The first-order valence-electron chi connectivity index (χ1n) is 9.69. The summed E-state index contributed by atoms with van der Waals surface area (Å²) in [6.07, 6.45) is -3.85. The highest BCUT2D eigenvalue weighted by Gasteiger charge is 2.38. The minimum absolute atomic E-state index is 0.0911. The Hall–Kier alpha value is -3.19. The predicted molar refractivity (Wildman–Crippen MR) is 119 cm³/mol. The van der Waals surface area contributed by atoms with Crippen molar-refractivity contribution in [3.05, 3.63) is 76.8 Å². The van der Waals surface area contributed by atoms with E-state index in [0.717, 1.165) is 22.3 Å². The second kappa shape index (κ2) is 9.96. The standard InChI is InChI=1S/C24H21ClF3NO3/c1-31-21-14-22(32-2)20(16-8-10-18(25)11-9-16)13-17(21)7-6-15-4-3-5-19(12-15)29-23(30)24(26,27)28/h3-5,8-14H,6-7H2,1-2H3,(H,29,30). The number of halogens is 4. The highest BCUT2D eigenvalue weighted by molar-refractivity contribution is 6.30. The Labute approximate surface area is 188 Å². The van der Waals surface area contributed by atoms with E-state index in [-0.39, 0.29) is 5.69 Å². The van der Waals surface area contributed by atoms with Gasteiger partial charge in [0.1, 0.15) is 11.5 Å². The summed E-state index contributed by atoms with van der Waals surface area (Å²) in [6.45, 7) is 0. The SMILES string of the molecule is COc1cc(OC)c(-c2ccc(Cl)cc2)cc1CCc1cccc(NC(=O)C(F)(F)F)c1. The van der Waals surface area contributed by atoms with Gasteiger partial charge < -0.3 is 14.8 Å². The number of anilines is 1. The lowest BCUT2D eigenvalue weighted by Crippen LogP contribution is -2.29. The Morgan fingerprint density at radius 3 is 2.25 bits per heavy atom. The second-order valence-corrected chi connectivity index (χ2v) is 7.46. The van der Waals surface area contributed by atoms with E-state index >= 15 is 0 Å². The Kier molecular flexibility index (Phi) is 7.30. The third-order valence-electron chi connectivity index (χ3n) is 4.88. The van der Waals surface area contributed by atoms with Crippen molar-refractivity contribution in [3.8, 4) is 22.6 Å². The van der Waals surface area contributed by atoms with Gasteiger partial charge in [0.2, 0.25) is 0 Å². The van der Waals surface area contributed by atoms with Crippen molar-refractivity contribution in [2.45, 2.75) is 19.0 Å². The number of methoxy groups -OCH3 is 2. The Morgan fingerprint density at radius 1 is 0.938 bits per heavy atom. The molecule has 0 aliphatic heterocycles. The smallest absolute Gasteiger partial charge is 0.471 e. The average molecular weight is 464 g/mol. The highest BCUT2D eigenvalue weighted by Crippen LogP contribution is 2.37. The van der Waals surface area contributed by atoms with Crippen molar-refractivity contribution in [3.63, 3.8) is 0 Å². The van der Waals surface area contributed by atoms with Gasteiger partial charge >= 0.3 is 12.1 Å². The molecule has 32 heavy (non-hydrogen) atoms. The molecule has 0 radical (unpaired) electrons. The monoisotopic (exact) mass is 463 g/mol. The minimum Gasteiger partial charge on any atom is -0.496 e. The maximum Gasteiger partial charge on any atom is 0.471 e. The molecule has 1 N–H and O–H groups in total. The Morgan fingerprint density at radius 2 is 1.62 bits per heavy atom. The van der Waals surface area contributed by atoms with Crippen LogP contribution in [0.3, 0.4) is 0 Å². The first-order chi connectivity index (χ1) is 15.2. The molecular weight excluding hydrogens is 443 g/mol. The van der Waals surface area contributed by atoms with Gasteiger partial charge in [-0.1, -0.05) is 35.9 Å². The molecule has 0 atom stereocenters. The number of ether oxygens (including phenoxy) is 2. The van der Waals surface area contributed by atoms with E-state index in [1.807, 2.05) is 23.5 Å². The molecule has 0 spiro atoms. The normalized spacial score (nSPS) is 11.2. The van der Waals surface area contributed by atoms with Crippen molar-refractivity contribution in [1.29, 1.82) is 0 Å². The summed E-state index contributed by atoms with van der Waals surface area (Å²) < 4.78 is 48.6. The van der Waals surface area contributed by atoms with Crippen molar-refractivity contribution >= 4 is 23.2 Å². The fraction of sp³-hybridized carbons (Fsp3) is 0.208. The van der Waals surface area contributed by atoms with Crippen molar-refractivity contribution in [2.75, 3.05) is 19.5 Å². The summed E-state index contributed by atoms with van der Waals surface area (Å²) in [5.74, 6) is -0.718. The van der Waals surface area contributed by atoms with Gasteiger partial charge in [0.05, 0.1) is 14.2 Å². The highest BCUT2D eigenvalue weighted by atomic mass is 35.5. The van der Waals surface area contributed by atoms with Crippen LogP contribution in [0.2, 0.25) is 5.02 Å². The molecule has 0 aromatic heterocycles. The van der Waals surface area contributed by atoms with E-state index in [4.69, 9.17) is 21.1 Å². The summed E-state index contributed by atoms with van der Waals surface area (Å²) in [6, 6.07) is 17.5. The van der Waals surface area contributed by atoms with Gasteiger partial charge in [0.25, 0.3) is 0 Å². The van der Waals surface area contributed by atoms with Gasteiger partial charge in [0, 0.05) is 22.3 Å². The van der Waals surface area contributed by atoms with Crippen LogP contribution in [0.5, 0.6) is 11.5 Å². The van der Waals surface area contributed by atoms with Crippen LogP contribution < -0.4 is 14.8 Å². The van der Waals surface area contributed by atoms with Crippen LogP contribution in [0.15, 0.2) is 60.7 Å². The molecule has 0 fully saturated rings. The number of hydrogen-bond acceptors (Lipinski definition) is 3. The van der Waals surface area contributed by atoms with Gasteiger partial charge in [-0.3, -0.25) is 4.79 Å². The Bertz CT molecular complexity index is 1100. The zero-order valence-electron chi connectivity index (χ0n) is 17.4. The van der Waals surface area contributed by atoms with E-state index in [1.54, 1.807) is 44.6 Å². The molecule has 0 saturated carbocycles. The van der Waals surface area contributed by atoms with Crippen LogP contribution >= 0.6 is 11.6 Å². The number of aryl methyl sites for hydroxylation is 2. The van der Waals surface area contributed by atoms with Crippen molar-refractivity contribution in [1.82, 2.24) is 0 Å². The fourth-order valence-corrected chi connectivity index (χ4v) is 3.43. The molecule has 0 heterocycles. The summed E-state index contributed by atoms with van der Waals surface area (Å²) in [7, 11) is 3.14. The lowest BCUT2D eigenvalue weighted by molar-refractivity contribution is -0.167. The first kappa shape index (κ1) is 23.5. The van der Waals surface area contributed by atoms with E-state index in [2.05, 4.69) is 0 Å². The summed E-state index contributed by atoms with van der Waals surface area (Å²) in [5, 5.41) is 2.50. The molecule has 0 saturated heterocycles. The second-order valence-electron chi connectivity index (χ2n) is 7.02. The number of rotatable bonds is 7. The van der Waals surface area contributed by atoms with E-state index < -0.39 is 12.1 Å². The van der Waals surface area contributed by atoms with Crippen molar-refractivity contribution < 1.29 is 27.4 Å².